The van der Waals surface area contributed by atoms with E-state index in [0.717, 1.165) is 25.7 Å². The molecule has 6 heteroatoms. The highest BCUT2D eigenvalue weighted by Crippen LogP contribution is 2.50. The molecule has 2 rings (SSSR count). The molecule has 1 fully saturated rings. The summed E-state index contributed by atoms with van der Waals surface area (Å²) < 4.78 is 38.2. The first-order valence-corrected chi connectivity index (χ1v) is 7.69. The lowest BCUT2D eigenvalue weighted by atomic mass is 9.62. The highest BCUT2D eigenvalue weighted by molar-refractivity contribution is 7.11. The molecule has 0 aromatic carbocycles. The maximum Gasteiger partial charge on any atom is 0.443 e. The lowest BCUT2D eigenvalue weighted by Gasteiger charge is -2.47. The second-order valence-corrected chi connectivity index (χ2v) is 7.76. The van der Waals surface area contributed by atoms with E-state index in [1.165, 1.54) is 6.20 Å². The minimum Gasteiger partial charge on any atom is -0.320 e. The molecule has 0 spiro atoms. The molecule has 2 N–H and O–H groups in total. The maximum atomic E-state index is 12.7. The maximum absolute atomic E-state index is 12.7. The van der Waals surface area contributed by atoms with Gasteiger partial charge in [-0.25, -0.2) is 4.98 Å². The standard InChI is InChI=1S/C14H21F3N2S/c1-12(2,3)9-6-4-5-7-13(9,18)10-8-19-11(20-10)14(15,16)17/h8-9H,4-7,18H2,1-3H3. The molecular formula is C14H21F3N2S. The van der Waals surface area contributed by atoms with Crippen molar-refractivity contribution in [2.75, 3.05) is 0 Å². The smallest absolute Gasteiger partial charge is 0.320 e. The highest BCUT2D eigenvalue weighted by Gasteiger charge is 2.47. The number of aromatic nitrogens is 1. The van der Waals surface area contributed by atoms with E-state index in [-0.39, 0.29) is 11.3 Å². The highest BCUT2D eigenvalue weighted by atomic mass is 32.1. The van der Waals surface area contributed by atoms with E-state index in [4.69, 9.17) is 5.73 Å². The van der Waals surface area contributed by atoms with Crippen LogP contribution in [-0.2, 0) is 11.7 Å². The van der Waals surface area contributed by atoms with E-state index in [1.807, 2.05) is 0 Å². The molecule has 1 aliphatic carbocycles. The summed E-state index contributed by atoms with van der Waals surface area (Å²) in [7, 11) is 0. The summed E-state index contributed by atoms with van der Waals surface area (Å²) >= 11 is 0.704. The van der Waals surface area contributed by atoms with Gasteiger partial charge >= 0.3 is 6.18 Å². The van der Waals surface area contributed by atoms with Gasteiger partial charge < -0.3 is 5.73 Å². The number of nitrogens with two attached hydrogens (primary N) is 1. The van der Waals surface area contributed by atoms with Gasteiger partial charge in [-0.15, -0.1) is 11.3 Å². The predicted molar refractivity (Wildman–Crippen MR) is 74.4 cm³/mol. The van der Waals surface area contributed by atoms with Crippen molar-refractivity contribution < 1.29 is 13.2 Å². The first-order chi connectivity index (χ1) is 9.05. The normalized spacial score (nSPS) is 28.6. The van der Waals surface area contributed by atoms with Gasteiger partial charge in [-0.2, -0.15) is 13.2 Å². The molecule has 0 bridgehead atoms. The van der Waals surface area contributed by atoms with Crippen molar-refractivity contribution in [2.24, 2.45) is 17.1 Å². The molecule has 0 amide bonds. The van der Waals surface area contributed by atoms with Gasteiger partial charge in [-0.1, -0.05) is 33.6 Å². The molecule has 1 heterocycles. The van der Waals surface area contributed by atoms with Crippen molar-refractivity contribution in [3.8, 4) is 0 Å². The summed E-state index contributed by atoms with van der Waals surface area (Å²) in [6.07, 6.45) is 0.685. The molecule has 1 aromatic heterocycles. The Hall–Kier alpha value is -0.620. The van der Waals surface area contributed by atoms with Crippen LogP contribution in [0.5, 0.6) is 0 Å². The Labute approximate surface area is 121 Å². The second kappa shape index (κ2) is 4.98. The van der Waals surface area contributed by atoms with E-state index >= 15 is 0 Å². The summed E-state index contributed by atoms with van der Waals surface area (Å²) in [5, 5.41) is -0.796. The summed E-state index contributed by atoms with van der Waals surface area (Å²) in [4.78, 5) is 4.11. The zero-order valence-corrected chi connectivity index (χ0v) is 12.9. The van der Waals surface area contributed by atoms with Gasteiger partial charge in [0.15, 0.2) is 5.01 Å². The van der Waals surface area contributed by atoms with E-state index < -0.39 is 16.7 Å². The van der Waals surface area contributed by atoms with E-state index in [0.29, 0.717) is 16.2 Å². The Morgan fingerprint density at radius 2 is 1.95 bits per heavy atom. The lowest BCUT2D eigenvalue weighted by Crippen LogP contribution is -2.50. The number of nitrogens with zero attached hydrogens (tertiary/aromatic N) is 1. The summed E-state index contributed by atoms with van der Waals surface area (Å²) in [5.41, 5.74) is 5.86. The van der Waals surface area contributed by atoms with Crippen molar-refractivity contribution in [1.29, 1.82) is 0 Å². The van der Waals surface area contributed by atoms with E-state index in [1.54, 1.807) is 0 Å². The minimum atomic E-state index is -4.38. The number of hydrogen-bond donors (Lipinski definition) is 1. The fraction of sp³-hybridized carbons (Fsp3) is 0.786. The van der Waals surface area contributed by atoms with Gasteiger partial charge in [0.1, 0.15) is 0 Å². The molecule has 1 aromatic rings. The number of thiazole rings is 1. The second-order valence-electron chi connectivity index (χ2n) is 6.73. The van der Waals surface area contributed by atoms with Crippen LogP contribution < -0.4 is 5.73 Å². The van der Waals surface area contributed by atoms with Crippen molar-refractivity contribution in [1.82, 2.24) is 4.98 Å². The Bertz CT molecular complexity index is 475. The van der Waals surface area contributed by atoms with Crippen LogP contribution in [0.1, 0.15) is 56.3 Å². The molecule has 114 valence electrons. The molecule has 2 nitrogen and oxygen atoms in total. The molecule has 2 atom stereocenters. The van der Waals surface area contributed by atoms with Crippen LogP contribution in [0.4, 0.5) is 13.2 Å². The van der Waals surface area contributed by atoms with Crippen LogP contribution in [0, 0.1) is 11.3 Å². The molecule has 2 unspecified atom stereocenters. The van der Waals surface area contributed by atoms with Crippen molar-refractivity contribution in [3.63, 3.8) is 0 Å². The number of hydrogen-bond acceptors (Lipinski definition) is 3. The van der Waals surface area contributed by atoms with E-state index in [9.17, 15) is 13.2 Å². The number of halogens is 3. The quantitative estimate of drug-likeness (QED) is 0.826. The van der Waals surface area contributed by atoms with Gasteiger partial charge in [0, 0.05) is 11.1 Å². The minimum absolute atomic E-state index is 0.0302. The van der Waals surface area contributed by atoms with Crippen LogP contribution in [0.25, 0.3) is 0 Å². The van der Waals surface area contributed by atoms with Gasteiger partial charge in [0.05, 0.1) is 5.54 Å². The Balaban J connectivity index is 2.39. The third-order valence-corrected chi connectivity index (χ3v) is 5.44. The van der Waals surface area contributed by atoms with E-state index in [2.05, 4.69) is 25.8 Å². The summed E-state index contributed by atoms with van der Waals surface area (Å²) in [5.74, 6) is 0.172. The first kappa shape index (κ1) is 15.8. The van der Waals surface area contributed by atoms with Crippen molar-refractivity contribution in [2.45, 2.75) is 58.2 Å². The van der Waals surface area contributed by atoms with Gasteiger partial charge in [0.2, 0.25) is 0 Å². The van der Waals surface area contributed by atoms with Gasteiger partial charge in [0.25, 0.3) is 0 Å². The van der Waals surface area contributed by atoms with Crippen molar-refractivity contribution >= 4 is 11.3 Å². The molecule has 1 aliphatic rings. The van der Waals surface area contributed by atoms with Crippen LogP contribution in [0.3, 0.4) is 0 Å². The van der Waals surface area contributed by atoms with Crippen LogP contribution in [-0.4, -0.2) is 4.98 Å². The topological polar surface area (TPSA) is 38.9 Å². The average molecular weight is 306 g/mol. The Kier molecular flexibility index (Phi) is 3.93. The van der Waals surface area contributed by atoms with Crippen LogP contribution in [0.15, 0.2) is 6.20 Å². The SMILES string of the molecule is CC(C)(C)C1CCCCC1(N)c1cnc(C(F)(F)F)s1. The van der Waals surface area contributed by atoms with Gasteiger partial charge in [-0.05, 0) is 24.2 Å². The fourth-order valence-corrected chi connectivity index (χ4v) is 4.29. The Morgan fingerprint density at radius 3 is 2.45 bits per heavy atom. The zero-order chi connectivity index (χ0) is 15.2. The largest absolute Gasteiger partial charge is 0.443 e. The third-order valence-electron chi connectivity index (χ3n) is 4.21. The molecular weight excluding hydrogens is 285 g/mol. The molecule has 0 saturated heterocycles. The average Bonchev–Trinajstić information content (AvgIpc) is 2.77. The predicted octanol–water partition coefficient (Wildman–Crippen LogP) is 4.55. The number of alkyl halides is 3. The molecule has 0 aliphatic heterocycles. The molecule has 0 radical (unpaired) electrons. The molecule has 1 saturated carbocycles. The first-order valence-electron chi connectivity index (χ1n) is 6.87. The number of rotatable bonds is 1. The summed E-state index contributed by atoms with van der Waals surface area (Å²) in [6.45, 7) is 6.32. The summed E-state index contributed by atoms with van der Waals surface area (Å²) in [6, 6.07) is 0. The Morgan fingerprint density at radius 1 is 1.30 bits per heavy atom. The van der Waals surface area contributed by atoms with Crippen molar-refractivity contribution in [3.05, 3.63) is 16.1 Å². The van der Waals surface area contributed by atoms with Crippen LogP contribution in [0.2, 0.25) is 0 Å². The third kappa shape index (κ3) is 2.86. The van der Waals surface area contributed by atoms with Crippen LogP contribution >= 0.6 is 11.3 Å². The van der Waals surface area contributed by atoms with Gasteiger partial charge in [-0.3, -0.25) is 0 Å². The molecule has 20 heavy (non-hydrogen) atoms. The lowest BCUT2D eigenvalue weighted by molar-refractivity contribution is -0.137. The zero-order valence-electron chi connectivity index (χ0n) is 12.0. The fourth-order valence-electron chi connectivity index (χ4n) is 3.32. The monoisotopic (exact) mass is 306 g/mol.